The third-order valence-electron chi connectivity index (χ3n) is 5.40. The molecular weight excluding hydrogens is 370 g/mol. The minimum Gasteiger partial charge on any atom is -0.493 e. The number of methoxy groups -OCH3 is 3. The summed E-state index contributed by atoms with van der Waals surface area (Å²) in [5.74, 6) is -0.0726. The Morgan fingerprint density at radius 2 is 1.66 bits per heavy atom. The number of fused-ring (bicyclic) bond motifs is 2. The van der Waals surface area contributed by atoms with E-state index in [9.17, 15) is 9.59 Å². The van der Waals surface area contributed by atoms with E-state index in [1.165, 1.54) is 7.11 Å². The van der Waals surface area contributed by atoms with E-state index in [1.807, 2.05) is 31.2 Å². The van der Waals surface area contributed by atoms with Gasteiger partial charge in [0.25, 0.3) is 0 Å². The van der Waals surface area contributed by atoms with Gasteiger partial charge in [-0.1, -0.05) is 30.3 Å². The summed E-state index contributed by atoms with van der Waals surface area (Å²) in [6.07, 6.45) is 0. The number of nitrogens with one attached hydrogen (secondary N) is 1. The molecule has 2 aromatic carbocycles. The lowest BCUT2D eigenvalue weighted by molar-refractivity contribution is -0.136. The van der Waals surface area contributed by atoms with E-state index >= 15 is 0 Å². The van der Waals surface area contributed by atoms with Gasteiger partial charge in [0, 0.05) is 28.3 Å². The zero-order valence-corrected chi connectivity index (χ0v) is 16.7. The lowest BCUT2D eigenvalue weighted by Crippen LogP contribution is -2.29. The molecule has 0 bridgehead atoms. The highest BCUT2D eigenvalue weighted by Crippen LogP contribution is 2.47. The molecule has 1 N–H and O–H groups in total. The van der Waals surface area contributed by atoms with E-state index in [0.717, 1.165) is 16.8 Å². The summed E-state index contributed by atoms with van der Waals surface area (Å²) < 4.78 is 15.8. The van der Waals surface area contributed by atoms with E-state index < -0.39 is 11.9 Å². The van der Waals surface area contributed by atoms with Gasteiger partial charge in [0.15, 0.2) is 17.3 Å². The van der Waals surface area contributed by atoms with Crippen molar-refractivity contribution in [2.75, 3.05) is 21.3 Å². The van der Waals surface area contributed by atoms with Crippen molar-refractivity contribution in [1.82, 2.24) is 5.32 Å². The second-order valence-electron chi connectivity index (χ2n) is 6.87. The first kappa shape index (κ1) is 18.8. The van der Waals surface area contributed by atoms with Crippen LogP contribution in [0.1, 0.15) is 34.3 Å². The summed E-state index contributed by atoms with van der Waals surface area (Å²) in [5.41, 5.74) is 4.52. The van der Waals surface area contributed by atoms with Crippen LogP contribution in [0.5, 0.6) is 11.5 Å². The van der Waals surface area contributed by atoms with Gasteiger partial charge in [0.05, 0.1) is 32.6 Å². The molecule has 0 saturated carbocycles. The van der Waals surface area contributed by atoms with Gasteiger partial charge in [-0.3, -0.25) is 4.79 Å². The van der Waals surface area contributed by atoms with E-state index in [1.54, 1.807) is 32.4 Å². The van der Waals surface area contributed by atoms with Gasteiger partial charge in [-0.2, -0.15) is 0 Å². The Kier molecular flexibility index (Phi) is 4.62. The third-order valence-corrected chi connectivity index (χ3v) is 5.40. The van der Waals surface area contributed by atoms with Gasteiger partial charge in [-0.05, 0) is 24.6 Å². The Morgan fingerprint density at radius 1 is 0.966 bits per heavy atom. The largest absolute Gasteiger partial charge is 0.493 e. The van der Waals surface area contributed by atoms with Crippen molar-refractivity contribution in [3.63, 3.8) is 0 Å². The van der Waals surface area contributed by atoms with Crippen LogP contribution in [0, 0.1) is 0 Å². The summed E-state index contributed by atoms with van der Waals surface area (Å²) in [6, 6.07) is 12.8. The van der Waals surface area contributed by atoms with Crippen LogP contribution in [0.15, 0.2) is 59.3 Å². The highest BCUT2D eigenvalue weighted by Gasteiger charge is 2.42. The van der Waals surface area contributed by atoms with Crippen molar-refractivity contribution in [2.24, 2.45) is 0 Å². The molecule has 0 radical (unpaired) electrons. The maximum absolute atomic E-state index is 13.3. The summed E-state index contributed by atoms with van der Waals surface area (Å²) in [5, 5.41) is 3.26. The number of rotatable bonds is 4. The number of benzene rings is 2. The molecule has 1 atom stereocenters. The fourth-order valence-electron chi connectivity index (χ4n) is 4.08. The lowest BCUT2D eigenvalue weighted by Gasteiger charge is -2.29. The van der Waals surface area contributed by atoms with Crippen LogP contribution < -0.4 is 14.8 Å². The highest BCUT2D eigenvalue weighted by molar-refractivity contribution is 6.23. The third kappa shape index (κ3) is 2.79. The van der Waals surface area contributed by atoms with Crippen molar-refractivity contribution in [2.45, 2.75) is 12.8 Å². The molecule has 148 valence electrons. The first-order valence-corrected chi connectivity index (χ1v) is 9.18. The second-order valence-corrected chi connectivity index (χ2v) is 6.87. The summed E-state index contributed by atoms with van der Waals surface area (Å²) in [4.78, 5) is 26.0. The molecule has 1 aliphatic carbocycles. The number of carbonyl (C=O) groups excluding carboxylic acids is 2. The van der Waals surface area contributed by atoms with Crippen molar-refractivity contribution in [3.05, 3.63) is 76.0 Å². The summed E-state index contributed by atoms with van der Waals surface area (Å²) in [6.45, 7) is 1.81. The molecule has 1 heterocycles. The van der Waals surface area contributed by atoms with Gasteiger partial charge in [-0.15, -0.1) is 0 Å². The molecule has 1 aliphatic heterocycles. The Balaban J connectivity index is 1.95. The Labute approximate surface area is 168 Å². The number of hydrogen-bond acceptors (Lipinski definition) is 6. The quantitative estimate of drug-likeness (QED) is 0.805. The molecule has 2 aliphatic rings. The Hall–Kier alpha value is -3.54. The van der Waals surface area contributed by atoms with Crippen LogP contribution in [0.4, 0.5) is 0 Å². The molecule has 0 fully saturated rings. The molecule has 6 heteroatoms. The van der Waals surface area contributed by atoms with Crippen LogP contribution in [0.3, 0.4) is 0 Å². The van der Waals surface area contributed by atoms with E-state index in [-0.39, 0.29) is 5.78 Å². The minimum atomic E-state index is -0.585. The molecule has 0 spiro atoms. The Bertz CT molecular complexity index is 1100. The maximum Gasteiger partial charge on any atom is 0.336 e. The van der Waals surface area contributed by atoms with Crippen LogP contribution in [-0.4, -0.2) is 33.1 Å². The van der Waals surface area contributed by atoms with Crippen molar-refractivity contribution in [1.29, 1.82) is 0 Å². The van der Waals surface area contributed by atoms with Crippen LogP contribution in [0.2, 0.25) is 0 Å². The number of esters is 1. The number of carbonyl (C=O) groups is 2. The van der Waals surface area contributed by atoms with Crippen molar-refractivity contribution in [3.8, 4) is 11.5 Å². The minimum absolute atomic E-state index is 0.100. The zero-order valence-electron chi connectivity index (χ0n) is 16.7. The fourth-order valence-corrected chi connectivity index (χ4v) is 4.08. The molecular formula is C23H21NO5. The molecule has 2 aromatic rings. The van der Waals surface area contributed by atoms with E-state index in [4.69, 9.17) is 14.2 Å². The first-order chi connectivity index (χ1) is 14.0. The molecule has 4 rings (SSSR count). The van der Waals surface area contributed by atoms with E-state index in [2.05, 4.69) is 5.32 Å². The fraction of sp³-hybridized carbons (Fsp3) is 0.217. The van der Waals surface area contributed by atoms with Crippen LogP contribution >= 0.6 is 0 Å². The molecule has 6 nitrogen and oxygen atoms in total. The van der Waals surface area contributed by atoms with Crippen molar-refractivity contribution >= 4 is 17.4 Å². The smallest absolute Gasteiger partial charge is 0.336 e. The van der Waals surface area contributed by atoms with Gasteiger partial charge < -0.3 is 19.5 Å². The van der Waals surface area contributed by atoms with E-state index in [0.29, 0.717) is 33.9 Å². The Morgan fingerprint density at radius 3 is 2.31 bits per heavy atom. The monoisotopic (exact) mass is 391 g/mol. The average Bonchev–Trinajstić information content (AvgIpc) is 3.03. The van der Waals surface area contributed by atoms with Gasteiger partial charge in [0.2, 0.25) is 0 Å². The standard InChI is InChI=1S/C23H21NO5/c1-12-18(23(26)29-4)19(13-9-10-16(27-2)17(11-13)28-3)20-21(24-12)14-7-5-6-8-15(14)22(20)25/h5-11,19,24H,1-4H3/t19-/m1/s1. The zero-order chi connectivity index (χ0) is 20.7. The number of hydrogen-bond donors (Lipinski definition) is 1. The molecule has 0 saturated heterocycles. The maximum atomic E-state index is 13.3. The lowest BCUT2D eigenvalue weighted by atomic mass is 9.79. The normalized spacial score (nSPS) is 17.5. The number of ether oxygens (including phenoxy) is 3. The average molecular weight is 391 g/mol. The molecule has 29 heavy (non-hydrogen) atoms. The summed E-state index contributed by atoms with van der Waals surface area (Å²) in [7, 11) is 4.45. The van der Waals surface area contributed by atoms with Gasteiger partial charge >= 0.3 is 5.97 Å². The van der Waals surface area contributed by atoms with Gasteiger partial charge in [0.1, 0.15) is 0 Å². The van der Waals surface area contributed by atoms with Gasteiger partial charge in [-0.25, -0.2) is 4.79 Å². The number of Topliss-reactive ketones (excluding diaryl/α,β-unsaturated/α-hetero) is 1. The van der Waals surface area contributed by atoms with Crippen LogP contribution in [-0.2, 0) is 9.53 Å². The number of dihydropyridines is 1. The summed E-state index contributed by atoms with van der Waals surface area (Å²) >= 11 is 0. The molecule has 0 aromatic heterocycles. The first-order valence-electron chi connectivity index (χ1n) is 9.18. The number of ketones is 1. The second kappa shape index (κ2) is 7.13. The van der Waals surface area contributed by atoms with Crippen LogP contribution in [0.25, 0.3) is 5.70 Å². The van der Waals surface area contributed by atoms with Crippen molar-refractivity contribution < 1.29 is 23.8 Å². The molecule has 0 amide bonds. The topological polar surface area (TPSA) is 73.9 Å². The molecule has 0 unspecified atom stereocenters. The SMILES string of the molecule is COC(=O)C1=C(C)NC2=C(C(=O)c3ccccc32)[C@@H]1c1ccc(OC)c(OC)c1. The predicted molar refractivity (Wildman–Crippen MR) is 108 cm³/mol. The predicted octanol–water partition coefficient (Wildman–Crippen LogP) is 3.45. The number of allylic oxidation sites excluding steroid dienone is 2. The highest BCUT2D eigenvalue weighted by atomic mass is 16.5.